The second-order valence-corrected chi connectivity index (χ2v) is 10.1. The van der Waals surface area contributed by atoms with Crippen molar-refractivity contribution in [3.63, 3.8) is 0 Å². The molecule has 1 aliphatic heterocycles. The summed E-state index contributed by atoms with van der Waals surface area (Å²) in [5.41, 5.74) is 5.69. The van der Waals surface area contributed by atoms with Gasteiger partial charge in [0.25, 0.3) is 0 Å². The molecule has 0 unspecified atom stereocenters. The van der Waals surface area contributed by atoms with E-state index in [9.17, 15) is 9.59 Å². The van der Waals surface area contributed by atoms with E-state index in [1.807, 2.05) is 42.3 Å². The molecule has 3 amide bonds. The second-order valence-electron chi connectivity index (χ2n) is 10.1. The van der Waals surface area contributed by atoms with Crippen molar-refractivity contribution >= 4 is 23.4 Å². The molecule has 1 saturated heterocycles. The van der Waals surface area contributed by atoms with Crippen LogP contribution in [0.2, 0.25) is 0 Å². The summed E-state index contributed by atoms with van der Waals surface area (Å²) in [5, 5.41) is 5.95. The highest BCUT2D eigenvalue weighted by atomic mass is 16.2. The number of benzene rings is 1. The zero-order valence-corrected chi connectivity index (χ0v) is 19.8. The number of hydrogen-bond donors (Lipinski definition) is 2. The molecular formula is C27H28N6O2. The number of nitrogens with one attached hydrogen (secondary N) is 2. The fraction of sp³-hybridized carbons (Fsp3) is 0.370. The maximum Gasteiger partial charge on any atom is 0.321 e. The van der Waals surface area contributed by atoms with Crippen molar-refractivity contribution in [2.24, 2.45) is 11.3 Å². The number of hydrogen-bond acceptors (Lipinski definition) is 5. The van der Waals surface area contributed by atoms with Gasteiger partial charge in [-0.3, -0.25) is 9.78 Å². The molecule has 2 aliphatic carbocycles. The normalized spacial score (nSPS) is 17.9. The maximum atomic E-state index is 12.8. The molecule has 3 aliphatic rings. The molecule has 1 spiro atoms. The number of amides is 3. The van der Waals surface area contributed by atoms with Crippen LogP contribution in [0.3, 0.4) is 0 Å². The fourth-order valence-corrected chi connectivity index (χ4v) is 4.79. The Bertz CT molecular complexity index is 1310. The van der Waals surface area contributed by atoms with Gasteiger partial charge in [0.2, 0.25) is 5.91 Å². The highest BCUT2D eigenvalue weighted by Gasteiger charge is 2.48. The minimum absolute atomic E-state index is 0.0113. The molecule has 2 aromatic heterocycles. The van der Waals surface area contributed by atoms with E-state index in [0.29, 0.717) is 16.9 Å². The molecule has 2 saturated carbocycles. The van der Waals surface area contributed by atoms with Gasteiger partial charge in [-0.2, -0.15) is 0 Å². The lowest BCUT2D eigenvalue weighted by molar-refractivity contribution is -0.117. The lowest BCUT2D eigenvalue weighted by Gasteiger charge is -2.18. The quantitative estimate of drug-likeness (QED) is 0.556. The Kier molecular flexibility index (Phi) is 5.24. The lowest BCUT2D eigenvalue weighted by Crippen LogP contribution is -2.33. The number of pyridine rings is 1. The molecule has 8 nitrogen and oxygen atoms in total. The largest absolute Gasteiger partial charge is 0.324 e. The van der Waals surface area contributed by atoms with E-state index < -0.39 is 0 Å². The van der Waals surface area contributed by atoms with Crippen LogP contribution in [0.25, 0.3) is 22.4 Å². The van der Waals surface area contributed by atoms with Gasteiger partial charge in [0.1, 0.15) is 12.1 Å². The molecule has 6 rings (SSSR count). The van der Waals surface area contributed by atoms with E-state index in [4.69, 9.17) is 0 Å². The van der Waals surface area contributed by atoms with Crippen LogP contribution in [0.1, 0.15) is 37.7 Å². The number of likely N-dealkylation sites (tertiary alicyclic amines) is 1. The standard InChI is InChI=1S/C27H28N6O2/c1-17-2-5-21(31-26(35)33-9-8-27(15-33)6-7-27)11-22(17)19-10-20(14-28-13-19)23-12-24(30-16-29-23)32-25(34)18-3-4-18/h2,5,10-14,16,18H,3-4,6-9,15H2,1H3,(H,31,35)(H,29,30,32,34). The molecule has 8 heteroatoms. The fourth-order valence-electron chi connectivity index (χ4n) is 4.79. The Hall–Kier alpha value is -3.81. The number of aromatic nitrogens is 3. The van der Waals surface area contributed by atoms with Crippen LogP contribution in [0.5, 0.6) is 0 Å². The third-order valence-electron chi connectivity index (χ3n) is 7.38. The Balaban J connectivity index is 1.22. The zero-order valence-electron chi connectivity index (χ0n) is 19.8. The number of carbonyl (C=O) groups is 2. The van der Waals surface area contributed by atoms with Gasteiger partial charge in [-0.15, -0.1) is 0 Å². The maximum absolute atomic E-state index is 12.8. The van der Waals surface area contributed by atoms with Crippen molar-refractivity contribution in [1.82, 2.24) is 19.9 Å². The minimum atomic E-state index is -0.0304. The zero-order chi connectivity index (χ0) is 24.0. The summed E-state index contributed by atoms with van der Waals surface area (Å²) < 4.78 is 0. The van der Waals surface area contributed by atoms with Gasteiger partial charge in [-0.05, 0) is 73.8 Å². The van der Waals surface area contributed by atoms with Crippen LogP contribution in [-0.2, 0) is 4.79 Å². The molecule has 0 radical (unpaired) electrons. The van der Waals surface area contributed by atoms with Crippen LogP contribution in [-0.4, -0.2) is 44.9 Å². The molecule has 3 aromatic rings. The third-order valence-corrected chi connectivity index (χ3v) is 7.38. The number of urea groups is 1. The lowest BCUT2D eigenvalue weighted by atomic mass is 9.99. The summed E-state index contributed by atoms with van der Waals surface area (Å²) in [7, 11) is 0. The first-order chi connectivity index (χ1) is 17.0. The van der Waals surface area contributed by atoms with E-state index in [0.717, 1.165) is 60.3 Å². The van der Waals surface area contributed by atoms with Crippen molar-refractivity contribution in [1.29, 1.82) is 0 Å². The summed E-state index contributed by atoms with van der Waals surface area (Å²) in [5.74, 6) is 0.611. The molecule has 3 heterocycles. The molecule has 2 N–H and O–H groups in total. The van der Waals surface area contributed by atoms with Gasteiger partial charge >= 0.3 is 6.03 Å². The van der Waals surface area contributed by atoms with Crippen LogP contribution < -0.4 is 10.6 Å². The number of rotatable bonds is 5. The van der Waals surface area contributed by atoms with Crippen molar-refractivity contribution in [2.45, 2.75) is 39.0 Å². The van der Waals surface area contributed by atoms with Crippen molar-refractivity contribution < 1.29 is 9.59 Å². The van der Waals surface area contributed by atoms with Crippen molar-refractivity contribution in [3.05, 3.63) is 54.6 Å². The Morgan fingerprint density at radius 2 is 1.83 bits per heavy atom. The average Bonchev–Trinajstić information content (AvgIpc) is 3.79. The predicted molar refractivity (Wildman–Crippen MR) is 134 cm³/mol. The molecule has 3 fully saturated rings. The highest BCUT2D eigenvalue weighted by Crippen LogP contribution is 2.52. The van der Waals surface area contributed by atoms with Crippen molar-refractivity contribution in [2.75, 3.05) is 23.7 Å². The van der Waals surface area contributed by atoms with Crippen LogP contribution in [0, 0.1) is 18.3 Å². The SMILES string of the molecule is Cc1ccc(NC(=O)N2CCC3(CC3)C2)cc1-c1cncc(-c2cc(NC(=O)C3CC3)ncn2)c1. The van der Waals surface area contributed by atoms with Gasteiger partial charge in [0, 0.05) is 54.3 Å². The van der Waals surface area contributed by atoms with Gasteiger partial charge in [0.15, 0.2) is 0 Å². The summed E-state index contributed by atoms with van der Waals surface area (Å²) in [6.07, 6.45) is 10.5. The average molecular weight is 469 g/mol. The number of nitrogens with zero attached hydrogens (tertiary/aromatic N) is 4. The number of aryl methyl sites for hydroxylation is 1. The summed E-state index contributed by atoms with van der Waals surface area (Å²) in [6.45, 7) is 3.74. The van der Waals surface area contributed by atoms with Crippen LogP contribution in [0.15, 0.2) is 49.1 Å². The molecular weight excluding hydrogens is 440 g/mol. The number of anilines is 2. The smallest absolute Gasteiger partial charge is 0.321 e. The van der Waals surface area contributed by atoms with E-state index in [1.165, 1.54) is 19.2 Å². The summed E-state index contributed by atoms with van der Waals surface area (Å²) in [4.78, 5) is 39.9. The van der Waals surface area contributed by atoms with E-state index in [2.05, 4.69) is 25.6 Å². The molecule has 0 bridgehead atoms. The number of carbonyl (C=O) groups excluding carboxylic acids is 2. The van der Waals surface area contributed by atoms with Gasteiger partial charge in [-0.25, -0.2) is 14.8 Å². The summed E-state index contributed by atoms with van der Waals surface area (Å²) in [6, 6.07) is 9.71. The molecule has 0 atom stereocenters. The van der Waals surface area contributed by atoms with Crippen molar-refractivity contribution in [3.8, 4) is 22.4 Å². The first kappa shape index (κ1) is 21.7. The van der Waals surface area contributed by atoms with Crippen LogP contribution >= 0.6 is 0 Å². The topological polar surface area (TPSA) is 100 Å². The Morgan fingerprint density at radius 1 is 1.00 bits per heavy atom. The van der Waals surface area contributed by atoms with Gasteiger partial charge in [-0.1, -0.05) is 6.07 Å². The molecule has 1 aromatic carbocycles. The highest BCUT2D eigenvalue weighted by molar-refractivity contribution is 5.93. The van der Waals surface area contributed by atoms with Gasteiger partial charge in [0.05, 0.1) is 5.69 Å². The minimum Gasteiger partial charge on any atom is -0.324 e. The van der Waals surface area contributed by atoms with Gasteiger partial charge < -0.3 is 15.5 Å². The molecule has 35 heavy (non-hydrogen) atoms. The Labute approximate surface area is 204 Å². The predicted octanol–water partition coefficient (Wildman–Crippen LogP) is 4.88. The van der Waals surface area contributed by atoms with E-state index in [1.54, 1.807) is 12.3 Å². The third kappa shape index (κ3) is 4.60. The monoisotopic (exact) mass is 468 g/mol. The first-order valence-corrected chi connectivity index (χ1v) is 12.2. The van der Waals surface area contributed by atoms with E-state index >= 15 is 0 Å². The first-order valence-electron chi connectivity index (χ1n) is 12.2. The Morgan fingerprint density at radius 3 is 2.60 bits per heavy atom. The second kappa shape index (κ2) is 8.45. The van der Waals surface area contributed by atoms with Crippen LogP contribution in [0.4, 0.5) is 16.3 Å². The molecule has 178 valence electrons. The summed E-state index contributed by atoms with van der Waals surface area (Å²) >= 11 is 0. The van der Waals surface area contributed by atoms with E-state index in [-0.39, 0.29) is 17.9 Å².